The lowest BCUT2D eigenvalue weighted by molar-refractivity contribution is 0.0114. The van der Waals surface area contributed by atoms with Gasteiger partial charge in [0.15, 0.2) is 0 Å². The summed E-state index contributed by atoms with van der Waals surface area (Å²) in [6, 6.07) is 0. The highest BCUT2D eigenvalue weighted by atomic mass is 16.5. The van der Waals surface area contributed by atoms with E-state index in [0.29, 0.717) is 12.0 Å². The molecule has 1 heterocycles. The van der Waals surface area contributed by atoms with Crippen molar-refractivity contribution in [3.63, 3.8) is 0 Å². The molecule has 1 fully saturated rings. The van der Waals surface area contributed by atoms with Crippen LogP contribution in [0.3, 0.4) is 0 Å². The van der Waals surface area contributed by atoms with Crippen molar-refractivity contribution < 1.29 is 4.74 Å². The molecule has 108 valence electrons. The van der Waals surface area contributed by atoms with Crippen molar-refractivity contribution in [2.45, 2.75) is 59.1 Å². The van der Waals surface area contributed by atoms with E-state index in [1.807, 2.05) is 0 Å². The Morgan fingerprint density at radius 1 is 1.28 bits per heavy atom. The van der Waals surface area contributed by atoms with Crippen LogP contribution in [0.4, 0.5) is 0 Å². The zero-order chi connectivity index (χ0) is 13.6. The predicted molar refractivity (Wildman–Crippen MR) is 78.0 cm³/mol. The van der Waals surface area contributed by atoms with Gasteiger partial charge in [0.2, 0.25) is 0 Å². The maximum absolute atomic E-state index is 5.69. The highest BCUT2D eigenvalue weighted by molar-refractivity contribution is 4.76. The highest BCUT2D eigenvalue weighted by Gasteiger charge is 2.21. The number of nitrogens with one attached hydrogen (secondary N) is 1. The molecule has 1 aliphatic rings. The Kier molecular flexibility index (Phi) is 6.61. The molecule has 3 nitrogen and oxygen atoms in total. The molecule has 1 saturated heterocycles. The normalized spacial score (nSPS) is 21.2. The molecule has 0 aliphatic carbocycles. The first kappa shape index (κ1) is 15.9. The molecule has 3 heteroatoms. The molecule has 0 radical (unpaired) electrons. The van der Waals surface area contributed by atoms with Crippen molar-refractivity contribution in [1.29, 1.82) is 0 Å². The van der Waals surface area contributed by atoms with E-state index >= 15 is 0 Å². The summed E-state index contributed by atoms with van der Waals surface area (Å²) in [6.45, 7) is 16.7. The Morgan fingerprint density at radius 3 is 2.39 bits per heavy atom. The van der Waals surface area contributed by atoms with Crippen molar-refractivity contribution >= 4 is 0 Å². The van der Waals surface area contributed by atoms with Crippen LogP contribution >= 0.6 is 0 Å². The van der Waals surface area contributed by atoms with E-state index in [0.717, 1.165) is 13.2 Å². The summed E-state index contributed by atoms with van der Waals surface area (Å²) >= 11 is 0. The first-order valence-corrected chi connectivity index (χ1v) is 7.49. The fourth-order valence-corrected chi connectivity index (χ4v) is 2.48. The van der Waals surface area contributed by atoms with Gasteiger partial charge in [0.1, 0.15) is 0 Å². The second-order valence-electron chi connectivity index (χ2n) is 6.69. The third-order valence-corrected chi connectivity index (χ3v) is 3.49. The van der Waals surface area contributed by atoms with Crippen LogP contribution in [0.2, 0.25) is 0 Å². The smallest absolute Gasteiger partial charge is 0.0599 e. The number of likely N-dealkylation sites (tertiary alicyclic amines) is 1. The van der Waals surface area contributed by atoms with Gasteiger partial charge in [-0.2, -0.15) is 0 Å². The van der Waals surface area contributed by atoms with Crippen molar-refractivity contribution in [2.24, 2.45) is 5.92 Å². The zero-order valence-electron chi connectivity index (χ0n) is 13.0. The molecule has 0 aromatic rings. The molecular weight excluding hydrogens is 224 g/mol. The SMILES string of the molecule is CCOC1CCN(CC(C)CNC(C)(C)C)CC1. The Balaban J connectivity index is 2.16. The molecule has 0 bridgehead atoms. The van der Waals surface area contributed by atoms with Crippen molar-refractivity contribution in [1.82, 2.24) is 10.2 Å². The molecule has 0 spiro atoms. The average Bonchev–Trinajstić information content (AvgIpc) is 2.29. The van der Waals surface area contributed by atoms with Crippen LogP contribution in [0, 0.1) is 5.92 Å². The van der Waals surface area contributed by atoms with Gasteiger partial charge >= 0.3 is 0 Å². The molecule has 18 heavy (non-hydrogen) atoms. The minimum atomic E-state index is 0.232. The third kappa shape index (κ3) is 6.72. The first-order chi connectivity index (χ1) is 8.40. The van der Waals surface area contributed by atoms with Gasteiger partial charge in [0, 0.05) is 31.8 Å². The van der Waals surface area contributed by atoms with E-state index in [1.54, 1.807) is 0 Å². The number of hydrogen-bond acceptors (Lipinski definition) is 3. The summed E-state index contributed by atoms with van der Waals surface area (Å²) < 4.78 is 5.69. The largest absolute Gasteiger partial charge is 0.378 e. The van der Waals surface area contributed by atoms with E-state index in [9.17, 15) is 0 Å². The number of hydrogen-bond donors (Lipinski definition) is 1. The number of nitrogens with zero attached hydrogens (tertiary/aromatic N) is 1. The molecule has 1 aliphatic heterocycles. The molecule has 1 atom stereocenters. The lowest BCUT2D eigenvalue weighted by Crippen LogP contribution is -2.44. The van der Waals surface area contributed by atoms with Crippen LogP contribution in [-0.4, -0.2) is 49.3 Å². The fourth-order valence-electron chi connectivity index (χ4n) is 2.48. The standard InChI is InChI=1S/C15H32N2O/c1-6-18-14-7-9-17(10-8-14)12-13(2)11-16-15(3,4)5/h13-14,16H,6-12H2,1-5H3. The van der Waals surface area contributed by atoms with Crippen molar-refractivity contribution in [2.75, 3.05) is 32.8 Å². The maximum Gasteiger partial charge on any atom is 0.0599 e. The summed E-state index contributed by atoms with van der Waals surface area (Å²) in [5, 5.41) is 3.59. The van der Waals surface area contributed by atoms with E-state index in [4.69, 9.17) is 4.74 Å². The highest BCUT2D eigenvalue weighted by Crippen LogP contribution is 2.15. The Labute approximate surface area is 113 Å². The van der Waals surface area contributed by atoms with Crippen LogP contribution < -0.4 is 5.32 Å². The maximum atomic E-state index is 5.69. The van der Waals surface area contributed by atoms with Gasteiger partial charge < -0.3 is 15.0 Å². The Bertz CT molecular complexity index is 217. The molecular formula is C15H32N2O. The second kappa shape index (κ2) is 7.46. The molecule has 1 N–H and O–H groups in total. The first-order valence-electron chi connectivity index (χ1n) is 7.49. The fraction of sp³-hybridized carbons (Fsp3) is 1.00. The van der Waals surface area contributed by atoms with Gasteiger partial charge in [0.25, 0.3) is 0 Å². The topological polar surface area (TPSA) is 24.5 Å². The molecule has 0 aromatic heterocycles. The molecule has 0 saturated carbocycles. The van der Waals surface area contributed by atoms with Crippen molar-refractivity contribution in [3.8, 4) is 0 Å². The average molecular weight is 256 g/mol. The number of rotatable bonds is 6. The summed E-state index contributed by atoms with van der Waals surface area (Å²) in [7, 11) is 0. The summed E-state index contributed by atoms with van der Waals surface area (Å²) in [5.41, 5.74) is 0.232. The Hall–Kier alpha value is -0.120. The van der Waals surface area contributed by atoms with Gasteiger partial charge in [-0.15, -0.1) is 0 Å². The van der Waals surface area contributed by atoms with E-state index in [-0.39, 0.29) is 5.54 Å². The molecule has 1 unspecified atom stereocenters. The van der Waals surface area contributed by atoms with E-state index < -0.39 is 0 Å². The molecule has 1 rings (SSSR count). The minimum absolute atomic E-state index is 0.232. The van der Waals surface area contributed by atoms with Crippen LogP contribution in [0.5, 0.6) is 0 Å². The van der Waals surface area contributed by atoms with Gasteiger partial charge in [-0.1, -0.05) is 6.92 Å². The zero-order valence-corrected chi connectivity index (χ0v) is 13.0. The van der Waals surface area contributed by atoms with Gasteiger partial charge in [-0.25, -0.2) is 0 Å². The van der Waals surface area contributed by atoms with Crippen LogP contribution in [0.15, 0.2) is 0 Å². The summed E-state index contributed by atoms with van der Waals surface area (Å²) in [4.78, 5) is 2.59. The minimum Gasteiger partial charge on any atom is -0.378 e. The van der Waals surface area contributed by atoms with Gasteiger partial charge in [-0.3, -0.25) is 0 Å². The van der Waals surface area contributed by atoms with Gasteiger partial charge in [-0.05, 0) is 53.0 Å². The molecule has 0 aromatic carbocycles. The number of piperidine rings is 1. The van der Waals surface area contributed by atoms with Gasteiger partial charge in [0.05, 0.1) is 6.10 Å². The summed E-state index contributed by atoms with van der Waals surface area (Å²) in [6.07, 6.45) is 2.91. The lowest BCUT2D eigenvalue weighted by atomic mass is 10.0. The van der Waals surface area contributed by atoms with E-state index in [2.05, 4.69) is 44.8 Å². The van der Waals surface area contributed by atoms with Crippen LogP contribution in [0.25, 0.3) is 0 Å². The Morgan fingerprint density at radius 2 is 1.89 bits per heavy atom. The quantitative estimate of drug-likeness (QED) is 0.790. The summed E-state index contributed by atoms with van der Waals surface area (Å²) in [5.74, 6) is 0.716. The predicted octanol–water partition coefficient (Wildman–Crippen LogP) is 2.51. The second-order valence-corrected chi connectivity index (χ2v) is 6.69. The van der Waals surface area contributed by atoms with Crippen LogP contribution in [0.1, 0.15) is 47.5 Å². The van der Waals surface area contributed by atoms with E-state index in [1.165, 1.54) is 32.5 Å². The number of ether oxygens (including phenoxy) is 1. The molecule has 0 amide bonds. The lowest BCUT2D eigenvalue weighted by Gasteiger charge is -2.34. The third-order valence-electron chi connectivity index (χ3n) is 3.49. The van der Waals surface area contributed by atoms with Crippen molar-refractivity contribution in [3.05, 3.63) is 0 Å². The van der Waals surface area contributed by atoms with Crippen LogP contribution in [-0.2, 0) is 4.74 Å². The monoisotopic (exact) mass is 256 g/mol.